The normalized spacial score (nSPS) is 31.3. The number of carbonyl (C=O) groups excluding carboxylic acids is 1. The van der Waals surface area contributed by atoms with Crippen LogP contribution in [-0.4, -0.2) is 83.3 Å². The van der Waals surface area contributed by atoms with Crippen molar-refractivity contribution in [1.29, 1.82) is 0 Å². The number of rotatable bonds is 3. The highest BCUT2D eigenvalue weighted by Crippen LogP contribution is 2.25. The van der Waals surface area contributed by atoms with Crippen LogP contribution in [-0.2, 0) is 9.47 Å². The first-order valence-corrected chi connectivity index (χ1v) is 8.34. The summed E-state index contributed by atoms with van der Waals surface area (Å²) >= 11 is 0. The van der Waals surface area contributed by atoms with E-state index in [1.165, 1.54) is 6.20 Å². The molecule has 3 atom stereocenters. The Bertz CT molecular complexity index is 550. The molecule has 0 aliphatic carbocycles. The van der Waals surface area contributed by atoms with Gasteiger partial charge in [0.2, 0.25) is 0 Å². The summed E-state index contributed by atoms with van der Waals surface area (Å²) < 4.78 is 11.7. The van der Waals surface area contributed by atoms with Gasteiger partial charge in [0.1, 0.15) is 5.69 Å². The number of aromatic nitrogens is 2. The first-order chi connectivity index (χ1) is 11.3. The quantitative estimate of drug-likeness (QED) is 0.792. The summed E-state index contributed by atoms with van der Waals surface area (Å²) in [6.07, 6.45) is 7.36. The summed E-state index contributed by atoms with van der Waals surface area (Å²) in [6.45, 7) is 4.77. The molecule has 3 saturated heterocycles. The van der Waals surface area contributed by atoms with Crippen LogP contribution in [0.1, 0.15) is 23.3 Å². The third kappa shape index (κ3) is 3.08. The number of nitrogens with zero attached hydrogens (tertiary/aromatic N) is 4. The number of amides is 1. The molecule has 4 heterocycles. The fourth-order valence-electron chi connectivity index (χ4n) is 3.77. The standard InChI is InChI=1S/C16H22N4O3/c21-16(13-8-17-3-4-18-13)20-10-14-15(11-20)23-7-5-19(14)9-12-2-1-6-22-12/h3-4,8,12,14-15H,1-2,5-7,9-11H2/t12?,14-,15+/m1/s1. The lowest BCUT2D eigenvalue weighted by Crippen LogP contribution is -2.52. The molecule has 3 aliphatic heterocycles. The zero-order chi connectivity index (χ0) is 15.6. The van der Waals surface area contributed by atoms with E-state index in [9.17, 15) is 4.79 Å². The smallest absolute Gasteiger partial charge is 0.274 e. The van der Waals surface area contributed by atoms with E-state index < -0.39 is 0 Å². The Balaban J connectivity index is 1.43. The number of ether oxygens (including phenoxy) is 2. The van der Waals surface area contributed by atoms with E-state index >= 15 is 0 Å². The summed E-state index contributed by atoms with van der Waals surface area (Å²) in [6, 6.07) is 0.258. The number of carbonyl (C=O) groups is 1. The van der Waals surface area contributed by atoms with Gasteiger partial charge < -0.3 is 14.4 Å². The molecule has 0 spiro atoms. The van der Waals surface area contributed by atoms with Crippen LogP contribution in [0.25, 0.3) is 0 Å². The molecule has 3 fully saturated rings. The molecule has 3 aliphatic rings. The van der Waals surface area contributed by atoms with Crippen LogP contribution in [0.4, 0.5) is 0 Å². The van der Waals surface area contributed by atoms with Gasteiger partial charge in [0.25, 0.3) is 5.91 Å². The van der Waals surface area contributed by atoms with Crippen LogP contribution in [0.15, 0.2) is 18.6 Å². The lowest BCUT2D eigenvalue weighted by atomic mass is 10.1. The number of hydrogen-bond donors (Lipinski definition) is 0. The fourth-order valence-corrected chi connectivity index (χ4v) is 3.77. The van der Waals surface area contributed by atoms with E-state index in [1.54, 1.807) is 12.4 Å². The summed E-state index contributed by atoms with van der Waals surface area (Å²) in [4.78, 5) is 24.9. The molecule has 0 N–H and O–H groups in total. The van der Waals surface area contributed by atoms with Gasteiger partial charge in [-0.2, -0.15) is 0 Å². The van der Waals surface area contributed by atoms with Crippen LogP contribution < -0.4 is 0 Å². The van der Waals surface area contributed by atoms with Gasteiger partial charge >= 0.3 is 0 Å². The predicted octanol–water partition coefficient (Wildman–Crippen LogP) is 0.181. The van der Waals surface area contributed by atoms with Crippen LogP contribution in [0.2, 0.25) is 0 Å². The Morgan fingerprint density at radius 3 is 3.00 bits per heavy atom. The molecule has 4 rings (SSSR count). The second kappa shape index (κ2) is 6.51. The molecule has 0 bridgehead atoms. The molecular weight excluding hydrogens is 296 g/mol. The van der Waals surface area contributed by atoms with Crippen molar-refractivity contribution in [2.24, 2.45) is 0 Å². The van der Waals surface area contributed by atoms with Crippen LogP contribution in [0.5, 0.6) is 0 Å². The van der Waals surface area contributed by atoms with Gasteiger partial charge in [-0.05, 0) is 12.8 Å². The third-order valence-electron chi connectivity index (χ3n) is 4.95. The van der Waals surface area contributed by atoms with Crippen molar-refractivity contribution in [1.82, 2.24) is 19.8 Å². The first kappa shape index (κ1) is 15.0. The van der Waals surface area contributed by atoms with E-state index in [2.05, 4.69) is 14.9 Å². The SMILES string of the molecule is O=C(c1cnccn1)N1C[C@@H]2OCCN(CC3CCCO3)[C@@H]2C1. The molecule has 0 radical (unpaired) electrons. The minimum Gasteiger partial charge on any atom is -0.377 e. The first-order valence-electron chi connectivity index (χ1n) is 8.34. The summed E-state index contributed by atoms with van der Waals surface area (Å²) in [5.41, 5.74) is 0.400. The van der Waals surface area contributed by atoms with Crippen LogP contribution in [0, 0.1) is 0 Å². The highest BCUT2D eigenvalue weighted by Gasteiger charge is 2.42. The Morgan fingerprint density at radius 2 is 2.22 bits per heavy atom. The van der Waals surface area contributed by atoms with Gasteiger partial charge in [0.15, 0.2) is 0 Å². The van der Waals surface area contributed by atoms with Crippen molar-refractivity contribution < 1.29 is 14.3 Å². The van der Waals surface area contributed by atoms with E-state index in [-0.39, 0.29) is 18.1 Å². The molecular formula is C16H22N4O3. The molecule has 0 saturated carbocycles. The van der Waals surface area contributed by atoms with Crippen molar-refractivity contribution in [3.8, 4) is 0 Å². The molecule has 1 aromatic rings. The number of likely N-dealkylation sites (tertiary alicyclic amines) is 1. The Hall–Kier alpha value is -1.57. The summed E-state index contributed by atoms with van der Waals surface area (Å²) in [5, 5.41) is 0. The van der Waals surface area contributed by atoms with Gasteiger partial charge in [-0.3, -0.25) is 14.7 Å². The van der Waals surface area contributed by atoms with E-state index in [0.717, 1.165) is 39.1 Å². The molecule has 7 nitrogen and oxygen atoms in total. The van der Waals surface area contributed by atoms with Crippen molar-refractivity contribution in [3.63, 3.8) is 0 Å². The molecule has 1 unspecified atom stereocenters. The van der Waals surface area contributed by atoms with Crippen molar-refractivity contribution in [3.05, 3.63) is 24.3 Å². The topological polar surface area (TPSA) is 67.8 Å². The monoisotopic (exact) mass is 318 g/mol. The van der Waals surface area contributed by atoms with Crippen LogP contribution in [0.3, 0.4) is 0 Å². The maximum atomic E-state index is 12.6. The van der Waals surface area contributed by atoms with E-state index in [4.69, 9.17) is 9.47 Å². The van der Waals surface area contributed by atoms with Gasteiger partial charge in [-0.1, -0.05) is 0 Å². The average molecular weight is 318 g/mol. The maximum absolute atomic E-state index is 12.6. The third-order valence-corrected chi connectivity index (χ3v) is 4.95. The second-order valence-electron chi connectivity index (χ2n) is 6.41. The van der Waals surface area contributed by atoms with Crippen LogP contribution >= 0.6 is 0 Å². The highest BCUT2D eigenvalue weighted by molar-refractivity contribution is 5.92. The number of morpholine rings is 1. The molecule has 1 amide bonds. The van der Waals surface area contributed by atoms with Gasteiger partial charge in [-0.15, -0.1) is 0 Å². The lowest BCUT2D eigenvalue weighted by molar-refractivity contribution is -0.0614. The van der Waals surface area contributed by atoms with Crippen molar-refractivity contribution in [2.75, 3.05) is 39.4 Å². The number of fused-ring (bicyclic) bond motifs is 1. The summed E-state index contributed by atoms with van der Waals surface area (Å²) in [5.74, 6) is -0.0619. The largest absolute Gasteiger partial charge is 0.377 e. The lowest BCUT2D eigenvalue weighted by Gasteiger charge is -2.37. The molecule has 0 aromatic carbocycles. The minimum absolute atomic E-state index is 0.0619. The fraction of sp³-hybridized carbons (Fsp3) is 0.688. The van der Waals surface area contributed by atoms with Gasteiger partial charge in [0, 0.05) is 45.2 Å². The van der Waals surface area contributed by atoms with Crippen molar-refractivity contribution >= 4 is 5.91 Å². The zero-order valence-corrected chi connectivity index (χ0v) is 13.1. The second-order valence-corrected chi connectivity index (χ2v) is 6.41. The Morgan fingerprint density at radius 1 is 1.26 bits per heavy atom. The Labute approximate surface area is 135 Å². The van der Waals surface area contributed by atoms with E-state index in [1.807, 2.05) is 4.90 Å². The number of hydrogen-bond acceptors (Lipinski definition) is 6. The summed E-state index contributed by atoms with van der Waals surface area (Å²) in [7, 11) is 0. The van der Waals surface area contributed by atoms with E-state index in [0.29, 0.717) is 24.9 Å². The molecule has 23 heavy (non-hydrogen) atoms. The molecule has 1 aromatic heterocycles. The molecule has 7 heteroatoms. The zero-order valence-electron chi connectivity index (χ0n) is 13.1. The molecule has 124 valence electrons. The average Bonchev–Trinajstić information content (AvgIpc) is 3.25. The van der Waals surface area contributed by atoms with Gasteiger partial charge in [-0.25, -0.2) is 4.98 Å². The van der Waals surface area contributed by atoms with Crippen molar-refractivity contribution in [2.45, 2.75) is 31.1 Å². The highest BCUT2D eigenvalue weighted by atomic mass is 16.5. The Kier molecular flexibility index (Phi) is 4.24. The predicted molar refractivity (Wildman–Crippen MR) is 82.0 cm³/mol. The minimum atomic E-state index is -0.0619. The maximum Gasteiger partial charge on any atom is 0.274 e. The van der Waals surface area contributed by atoms with Gasteiger partial charge in [0.05, 0.1) is 31.1 Å².